The van der Waals surface area contributed by atoms with Gasteiger partial charge in [-0.05, 0) is 41.8 Å². The second-order valence-corrected chi connectivity index (χ2v) is 9.08. The first kappa shape index (κ1) is 15.9. The number of nitrogens with zero attached hydrogens (tertiary/aromatic N) is 1. The molecular weight excluding hydrogens is 364 g/mol. The number of hydrogen-bond acceptors (Lipinski definition) is 4. The van der Waals surface area contributed by atoms with Gasteiger partial charge in [0.05, 0.1) is 8.68 Å². The third kappa shape index (κ3) is 3.81. The van der Waals surface area contributed by atoms with Crippen molar-refractivity contribution >= 4 is 43.2 Å². The number of halogens is 1. The van der Waals surface area contributed by atoms with E-state index in [2.05, 4.69) is 20.7 Å². The summed E-state index contributed by atoms with van der Waals surface area (Å²) in [7, 11) is -3.53. The molecule has 0 bridgehead atoms. The Hall–Kier alpha value is -0.440. The van der Waals surface area contributed by atoms with Gasteiger partial charge in [0.25, 0.3) is 0 Å². The largest absolute Gasteiger partial charge is 0.343 e. The molecule has 2 heterocycles. The van der Waals surface area contributed by atoms with E-state index in [1.807, 2.05) is 0 Å². The topological polar surface area (TPSA) is 66.5 Å². The summed E-state index contributed by atoms with van der Waals surface area (Å²) >= 11 is 4.66. The second kappa shape index (κ2) is 6.55. The number of hydrogen-bond donors (Lipinski definition) is 1. The monoisotopic (exact) mass is 380 g/mol. The quantitative estimate of drug-likeness (QED) is 0.850. The SMILES string of the molecule is Cc1sc(Br)cc1S(=O)(=O)NCCC(=O)N1CCCC1. The average molecular weight is 381 g/mol. The van der Waals surface area contributed by atoms with Crippen LogP contribution in [-0.2, 0) is 14.8 Å². The Labute approximate surface area is 131 Å². The molecule has 0 aliphatic carbocycles. The highest BCUT2D eigenvalue weighted by Gasteiger charge is 2.21. The molecule has 0 spiro atoms. The lowest BCUT2D eigenvalue weighted by molar-refractivity contribution is -0.129. The first-order valence-electron chi connectivity index (χ1n) is 6.43. The van der Waals surface area contributed by atoms with Crippen molar-refractivity contribution < 1.29 is 13.2 Å². The van der Waals surface area contributed by atoms with Gasteiger partial charge < -0.3 is 4.90 Å². The summed E-state index contributed by atoms with van der Waals surface area (Å²) < 4.78 is 27.5. The Kier molecular flexibility index (Phi) is 5.22. The van der Waals surface area contributed by atoms with Gasteiger partial charge in [-0.15, -0.1) is 11.3 Å². The zero-order valence-electron chi connectivity index (χ0n) is 11.2. The van der Waals surface area contributed by atoms with E-state index < -0.39 is 10.0 Å². The van der Waals surface area contributed by atoms with Crippen LogP contribution in [0.3, 0.4) is 0 Å². The van der Waals surface area contributed by atoms with E-state index in [9.17, 15) is 13.2 Å². The Morgan fingerprint density at radius 1 is 1.45 bits per heavy atom. The van der Waals surface area contributed by atoms with Crippen molar-refractivity contribution in [1.29, 1.82) is 0 Å². The molecule has 0 unspecified atom stereocenters. The van der Waals surface area contributed by atoms with Crippen LogP contribution < -0.4 is 4.72 Å². The van der Waals surface area contributed by atoms with Crippen LogP contribution in [0.5, 0.6) is 0 Å². The lowest BCUT2D eigenvalue weighted by atomic mass is 10.4. The molecule has 112 valence electrons. The fourth-order valence-electron chi connectivity index (χ4n) is 2.19. The number of sulfonamides is 1. The molecule has 1 N–H and O–H groups in total. The number of amides is 1. The number of likely N-dealkylation sites (tertiary alicyclic amines) is 1. The van der Waals surface area contributed by atoms with E-state index >= 15 is 0 Å². The van der Waals surface area contributed by atoms with Crippen LogP contribution >= 0.6 is 27.3 Å². The zero-order valence-corrected chi connectivity index (χ0v) is 14.4. The molecule has 5 nitrogen and oxygen atoms in total. The number of carbonyl (C=O) groups is 1. The van der Waals surface area contributed by atoms with Gasteiger partial charge in [-0.1, -0.05) is 0 Å². The van der Waals surface area contributed by atoms with Crippen molar-refractivity contribution in [2.45, 2.75) is 31.1 Å². The van der Waals surface area contributed by atoms with Crippen molar-refractivity contribution in [3.63, 3.8) is 0 Å². The third-order valence-electron chi connectivity index (χ3n) is 3.22. The highest BCUT2D eigenvalue weighted by molar-refractivity contribution is 9.11. The van der Waals surface area contributed by atoms with Crippen molar-refractivity contribution in [3.05, 3.63) is 14.7 Å². The van der Waals surface area contributed by atoms with Gasteiger partial charge in [0, 0.05) is 30.9 Å². The van der Waals surface area contributed by atoms with E-state index in [0.717, 1.165) is 34.6 Å². The number of nitrogens with one attached hydrogen (secondary N) is 1. The Bertz CT molecular complexity index is 592. The summed E-state index contributed by atoms with van der Waals surface area (Å²) in [6.07, 6.45) is 2.29. The van der Waals surface area contributed by atoms with E-state index in [1.54, 1.807) is 17.9 Å². The molecule has 0 atom stereocenters. The lowest BCUT2D eigenvalue weighted by Gasteiger charge is -2.15. The van der Waals surface area contributed by atoms with Crippen molar-refractivity contribution in [3.8, 4) is 0 Å². The molecule has 1 amide bonds. The highest BCUT2D eigenvalue weighted by Crippen LogP contribution is 2.29. The van der Waals surface area contributed by atoms with Crippen LogP contribution in [0, 0.1) is 6.92 Å². The fraction of sp³-hybridized carbons (Fsp3) is 0.583. The Morgan fingerprint density at radius 3 is 2.65 bits per heavy atom. The van der Waals surface area contributed by atoms with Crippen molar-refractivity contribution in [2.24, 2.45) is 0 Å². The van der Waals surface area contributed by atoms with E-state index in [-0.39, 0.29) is 23.8 Å². The Balaban J connectivity index is 1.89. The van der Waals surface area contributed by atoms with Crippen LogP contribution in [0.25, 0.3) is 0 Å². The predicted molar refractivity (Wildman–Crippen MR) is 82.4 cm³/mol. The molecule has 1 saturated heterocycles. The minimum absolute atomic E-state index is 0.0217. The summed E-state index contributed by atoms with van der Waals surface area (Å²) in [5, 5.41) is 0. The standard InChI is InChI=1S/C12H17BrN2O3S2/c1-9-10(8-11(13)19-9)20(17,18)14-5-4-12(16)15-6-2-3-7-15/h8,14H,2-7H2,1H3. The smallest absolute Gasteiger partial charge is 0.241 e. The third-order valence-corrected chi connectivity index (χ3v) is 6.49. The minimum Gasteiger partial charge on any atom is -0.343 e. The van der Waals surface area contributed by atoms with Gasteiger partial charge in [0.1, 0.15) is 0 Å². The van der Waals surface area contributed by atoms with Gasteiger partial charge in [-0.2, -0.15) is 0 Å². The first-order chi connectivity index (χ1) is 9.40. The number of thiophene rings is 1. The van der Waals surface area contributed by atoms with Crippen LogP contribution in [0.1, 0.15) is 24.1 Å². The predicted octanol–water partition coefficient (Wildman–Crippen LogP) is 2.11. The number of aryl methyl sites for hydroxylation is 1. The molecule has 1 aliphatic heterocycles. The highest BCUT2D eigenvalue weighted by atomic mass is 79.9. The van der Waals surface area contributed by atoms with Crippen LogP contribution in [0.15, 0.2) is 14.7 Å². The molecule has 0 radical (unpaired) electrons. The second-order valence-electron chi connectivity index (χ2n) is 4.71. The summed E-state index contributed by atoms with van der Waals surface area (Å²) in [6, 6.07) is 1.59. The molecule has 8 heteroatoms. The van der Waals surface area contributed by atoms with Gasteiger partial charge in [0.2, 0.25) is 15.9 Å². The summed E-state index contributed by atoms with van der Waals surface area (Å²) in [6.45, 7) is 3.49. The normalized spacial score (nSPS) is 15.8. The molecular formula is C12H17BrN2O3S2. The molecule has 1 aromatic rings. The van der Waals surface area contributed by atoms with Crippen LogP contribution in [-0.4, -0.2) is 38.9 Å². The molecule has 20 heavy (non-hydrogen) atoms. The van der Waals surface area contributed by atoms with Crippen molar-refractivity contribution in [2.75, 3.05) is 19.6 Å². The molecule has 1 aliphatic rings. The van der Waals surface area contributed by atoms with Crippen LogP contribution in [0.2, 0.25) is 0 Å². The number of carbonyl (C=O) groups excluding carboxylic acids is 1. The van der Waals surface area contributed by atoms with Crippen molar-refractivity contribution in [1.82, 2.24) is 9.62 Å². The maximum absolute atomic E-state index is 12.1. The Morgan fingerprint density at radius 2 is 2.10 bits per heavy atom. The fourth-order valence-corrected chi connectivity index (χ4v) is 5.64. The summed E-state index contributed by atoms with van der Waals surface area (Å²) in [5.41, 5.74) is 0. The average Bonchev–Trinajstić information content (AvgIpc) is 2.98. The van der Waals surface area contributed by atoms with E-state index in [4.69, 9.17) is 0 Å². The zero-order chi connectivity index (χ0) is 14.8. The number of rotatable bonds is 5. The van der Waals surface area contributed by atoms with Gasteiger partial charge >= 0.3 is 0 Å². The summed E-state index contributed by atoms with van der Waals surface area (Å²) in [4.78, 5) is 14.6. The first-order valence-corrected chi connectivity index (χ1v) is 9.53. The van der Waals surface area contributed by atoms with E-state index in [1.165, 1.54) is 11.3 Å². The maximum Gasteiger partial charge on any atom is 0.241 e. The molecule has 2 rings (SSSR count). The molecule has 1 fully saturated rings. The molecule has 1 aromatic heterocycles. The lowest BCUT2D eigenvalue weighted by Crippen LogP contribution is -2.32. The molecule has 0 saturated carbocycles. The van der Waals surface area contributed by atoms with Gasteiger partial charge in [0.15, 0.2) is 0 Å². The van der Waals surface area contributed by atoms with Gasteiger partial charge in [-0.25, -0.2) is 13.1 Å². The minimum atomic E-state index is -3.53. The van der Waals surface area contributed by atoms with Crippen LogP contribution in [0.4, 0.5) is 0 Å². The molecule has 0 aromatic carbocycles. The summed E-state index contributed by atoms with van der Waals surface area (Å²) in [5.74, 6) is 0.0217. The van der Waals surface area contributed by atoms with Gasteiger partial charge in [-0.3, -0.25) is 4.79 Å². The maximum atomic E-state index is 12.1. The van der Waals surface area contributed by atoms with E-state index in [0.29, 0.717) is 0 Å².